The highest BCUT2D eigenvalue weighted by molar-refractivity contribution is 5.39. The van der Waals surface area contributed by atoms with Crippen LogP contribution in [0.4, 0.5) is 5.69 Å². The third-order valence-electron chi connectivity index (χ3n) is 1.93. The molecular formula is C7H11N7. The Morgan fingerprint density at radius 2 is 2.14 bits per heavy atom. The number of aromatic nitrogens is 6. The Morgan fingerprint density at radius 1 is 1.36 bits per heavy atom. The van der Waals surface area contributed by atoms with Crippen molar-refractivity contribution in [3.8, 4) is 0 Å². The summed E-state index contributed by atoms with van der Waals surface area (Å²) in [5, 5.41) is 15.0. The Bertz CT molecular complexity index is 382. The van der Waals surface area contributed by atoms with Crippen LogP contribution >= 0.6 is 0 Å². The molecule has 0 aliphatic rings. The minimum atomic E-state index is 0.688. The molecule has 0 aliphatic carbocycles. The molecule has 2 aromatic rings. The zero-order chi connectivity index (χ0) is 9.97. The van der Waals surface area contributed by atoms with Gasteiger partial charge in [-0.05, 0) is 17.4 Å². The Kier molecular flexibility index (Phi) is 2.13. The SMILES string of the molecule is Cc1nn(CCn2cnnn2)cc1N. The minimum absolute atomic E-state index is 0.688. The van der Waals surface area contributed by atoms with E-state index in [-0.39, 0.29) is 0 Å². The minimum Gasteiger partial charge on any atom is -0.396 e. The van der Waals surface area contributed by atoms with E-state index in [1.165, 1.54) is 0 Å². The number of aryl methyl sites for hydroxylation is 3. The zero-order valence-electron chi connectivity index (χ0n) is 7.83. The Balaban J connectivity index is 1.98. The van der Waals surface area contributed by atoms with E-state index in [4.69, 9.17) is 5.73 Å². The van der Waals surface area contributed by atoms with Gasteiger partial charge in [0.2, 0.25) is 0 Å². The average Bonchev–Trinajstić information content (AvgIpc) is 2.74. The second-order valence-corrected chi connectivity index (χ2v) is 3.01. The lowest BCUT2D eigenvalue weighted by atomic mass is 10.4. The molecule has 14 heavy (non-hydrogen) atoms. The molecular weight excluding hydrogens is 182 g/mol. The summed E-state index contributed by atoms with van der Waals surface area (Å²) in [5.74, 6) is 0. The average molecular weight is 193 g/mol. The summed E-state index contributed by atoms with van der Waals surface area (Å²) in [5.41, 5.74) is 7.22. The van der Waals surface area contributed by atoms with Crippen molar-refractivity contribution in [2.75, 3.05) is 5.73 Å². The summed E-state index contributed by atoms with van der Waals surface area (Å²) < 4.78 is 3.43. The molecule has 0 radical (unpaired) electrons. The highest BCUT2D eigenvalue weighted by Crippen LogP contribution is 2.06. The first kappa shape index (κ1) is 8.67. The molecule has 2 aromatic heterocycles. The monoisotopic (exact) mass is 193 g/mol. The first-order valence-electron chi connectivity index (χ1n) is 4.26. The molecule has 2 heterocycles. The van der Waals surface area contributed by atoms with Gasteiger partial charge in [-0.15, -0.1) is 5.10 Å². The van der Waals surface area contributed by atoms with Crippen molar-refractivity contribution < 1.29 is 0 Å². The number of nitrogens with two attached hydrogens (primary N) is 1. The number of rotatable bonds is 3. The fraction of sp³-hybridized carbons (Fsp3) is 0.429. The molecule has 0 amide bonds. The van der Waals surface area contributed by atoms with Crippen LogP contribution in [-0.4, -0.2) is 30.0 Å². The van der Waals surface area contributed by atoms with Gasteiger partial charge in [0.25, 0.3) is 0 Å². The second kappa shape index (κ2) is 3.44. The third-order valence-corrected chi connectivity index (χ3v) is 1.93. The van der Waals surface area contributed by atoms with Crippen LogP contribution in [0.25, 0.3) is 0 Å². The molecule has 2 N–H and O–H groups in total. The lowest BCUT2D eigenvalue weighted by Crippen LogP contribution is -2.08. The molecule has 2 rings (SSSR count). The third kappa shape index (κ3) is 1.70. The van der Waals surface area contributed by atoms with E-state index in [1.54, 1.807) is 21.9 Å². The number of hydrogen-bond acceptors (Lipinski definition) is 5. The fourth-order valence-corrected chi connectivity index (χ4v) is 1.14. The first-order chi connectivity index (χ1) is 6.75. The van der Waals surface area contributed by atoms with Gasteiger partial charge in [0.05, 0.1) is 24.5 Å². The zero-order valence-corrected chi connectivity index (χ0v) is 7.83. The molecule has 0 aromatic carbocycles. The lowest BCUT2D eigenvalue weighted by molar-refractivity contribution is 0.488. The fourth-order valence-electron chi connectivity index (χ4n) is 1.14. The summed E-state index contributed by atoms with van der Waals surface area (Å²) in [7, 11) is 0. The number of nitrogens with zero attached hydrogens (tertiary/aromatic N) is 6. The number of hydrogen-bond donors (Lipinski definition) is 1. The molecule has 0 bridgehead atoms. The summed E-state index contributed by atoms with van der Waals surface area (Å²) in [6, 6.07) is 0. The largest absolute Gasteiger partial charge is 0.396 e. The number of anilines is 1. The van der Waals surface area contributed by atoms with Crippen LogP contribution in [0.2, 0.25) is 0 Å². The van der Waals surface area contributed by atoms with Gasteiger partial charge in [-0.1, -0.05) is 0 Å². The van der Waals surface area contributed by atoms with E-state index in [2.05, 4.69) is 20.6 Å². The maximum absolute atomic E-state index is 5.66. The van der Waals surface area contributed by atoms with E-state index >= 15 is 0 Å². The molecule has 0 spiro atoms. The standard InChI is InChI=1S/C7H11N7/c1-6-7(8)4-13(10-6)2-3-14-5-9-11-12-14/h4-5H,2-3,8H2,1H3. The normalized spacial score (nSPS) is 10.6. The van der Waals surface area contributed by atoms with Crippen LogP contribution in [0.3, 0.4) is 0 Å². The predicted octanol–water partition coefficient (Wildman–Crippen LogP) is -0.540. The molecule has 0 unspecified atom stereocenters. The topological polar surface area (TPSA) is 87.4 Å². The summed E-state index contributed by atoms with van der Waals surface area (Å²) in [4.78, 5) is 0. The second-order valence-electron chi connectivity index (χ2n) is 3.01. The van der Waals surface area contributed by atoms with Gasteiger partial charge in [0, 0.05) is 6.20 Å². The van der Waals surface area contributed by atoms with Crippen molar-refractivity contribution >= 4 is 5.69 Å². The maximum Gasteiger partial charge on any atom is 0.138 e. The van der Waals surface area contributed by atoms with E-state index in [0.717, 1.165) is 5.69 Å². The first-order valence-corrected chi connectivity index (χ1v) is 4.26. The molecule has 0 atom stereocenters. The van der Waals surface area contributed by atoms with Crippen LogP contribution in [0.15, 0.2) is 12.5 Å². The van der Waals surface area contributed by atoms with Crippen molar-refractivity contribution in [3.63, 3.8) is 0 Å². The van der Waals surface area contributed by atoms with Crippen molar-refractivity contribution in [1.82, 2.24) is 30.0 Å². The van der Waals surface area contributed by atoms with Gasteiger partial charge >= 0.3 is 0 Å². The maximum atomic E-state index is 5.66. The van der Waals surface area contributed by atoms with Crippen molar-refractivity contribution in [2.45, 2.75) is 20.0 Å². The molecule has 0 aliphatic heterocycles. The predicted molar refractivity (Wildman–Crippen MR) is 49.2 cm³/mol. The molecule has 0 saturated carbocycles. The van der Waals surface area contributed by atoms with Crippen molar-refractivity contribution in [3.05, 3.63) is 18.2 Å². The van der Waals surface area contributed by atoms with Crippen LogP contribution in [0, 0.1) is 6.92 Å². The highest BCUT2D eigenvalue weighted by Gasteiger charge is 2.00. The van der Waals surface area contributed by atoms with Gasteiger partial charge < -0.3 is 5.73 Å². The smallest absolute Gasteiger partial charge is 0.138 e. The van der Waals surface area contributed by atoms with E-state index < -0.39 is 0 Å². The van der Waals surface area contributed by atoms with Gasteiger partial charge in [-0.2, -0.15) is 5.10 Å². The quantitative estimate of drug-likeness (QED) is 0.707. The molecule has 7 heteroatoms. The van der Waals surface area contributed by atoms with E-state index in [1.807, 2.05) is 6.92 Å². The van der Waals surface area contributed by atoms with Gasteiger partial charge in [-0.25, -0.2) is 4.68 Å². The van der Waals surface area contributed by atoms with E-state index in [0.29, 0.717) is 18.8 Å². The Labute approximate surface area is 80.5 Å². The van der Waals surface area contributed by atoms with Crippen molar-refractivity contribution in [2.24, 2.45) is 0 Å². The van der Waals surface area contributed by atoms with Crippen LogP contribution in [-0.2, 0) is 13.1 Å². The highest BCUT2D eigenvalue weighted by atomic mass is 15.5. The summed E-state index contributed by atoms with van der Waals surface area (Å²) >= 11 is 0. The van der Waals surface area contributed by atoms with Crippen molar-refractivity contribution in [1.29, 1.82) is 0 Å². The number of nitrogen functional groups attached to an aromatic ring is 1. The van der Waals surface area contributed by atoms with E-state index in [9.17, 15) is 0 Å². The lowest BCUT2D eigenvalue weighted by Gasteiger charge is -1.99. The van der Waals surface area contributed by atoms with Gasteiger partial charge in [0.1, 0.15) is 6.33 Å². The Morgan fingerprint density at radius 3 is 2.71 bits per heavy atom. The summed E-state index contributed by atoms with van der Waals surface area (Å²) in [6.07, 6.45) is 3.37. The van der Waals surface area contributed by atoms with Crippen LogP contribution in [0.1, 0.15) is 5.69 Å². The number of tetrazole rings is 1. The molecule has 74 valence electrons. The van der Waals surface area contributed by atoms with Crippen LogP contribution in [0.5, 0.6) is 0 Å². The van der Waals surface area contributed by atoms with Gasteiger partial charge in [-0.3, -0.25) is 4.68 Å². The molecule has 0 fully saturated rings. The van der Waals surface area contributed by atoms with Gasteiger partial charge in [0.15, 0.2) is 0 Å². The summed E-state index contributed by atoms with van der Waals surface area (Å²) in [6.45, 7) is 3.28. The van der Waals surface area contributed by atoms with Crippen LogP contribution < -0.4 is 5.73 Å². The molecule has 0 saturated heterocycles. The molecule has 7 nitrogen and oxygen atoms in total. The Hall–Kier alpha value is -1.92.